The van der Waals surface area contributed by atoms with E-state index in [1.54, 1.807) is 25.2 Å². The van der Waals surface area contributed by atoms with E-state index >= 15 is 0 Å². The van der Waals surface area contributed by atoms with Crippen molar-refractivity contribution in [1.82, 2.24) is 9.88 Å². The number of carbonyl (C=O) groups excluding carboxylic acids is 1. The molecule has 0 aliphatic rings. The molecule has 0 saturated heterocycles. The minimum Gasteiger partial charge on any atom is -0.408 e. The van der Waals surface area contributed by atoms with Crippen molar-refractivity contribution >= 4 is 17.0 Å². The molecule has 1 aromatic heterocycles. The van der Waals surface area contributed by atoms with E-state index in [2.05, 4.69) is 5.32 Å². The predicted molar refractivity (Wildman–Crippen MR) is 88.0 cm³/mol. The Morgan fingerprint density at radius 1 is 1.17 bits per heavy atom. The number of aryl methyl sites for hydroxylation is 2. The fourth-order valence-electron chi connectivity index (χ4n) is 2.48. The SMILES string of the molecule is Cn1c(=O)oc2ccc(CNC(=O)CCc3ccc(F)cc3)cc21. The third kappa shape index (κ3) is 3.53. The third-order valence-corrected chi connectivity index (χ3v) is 3.90. The van der Waals surface area contributed by atoms with Crippen molar-refractivity contribution in [3.63, 3.8) is 0 Å². The van der Waals surface area contributed by atoms with E-state index in [-0.39, 0.29) is 11.7 Å². The summed E-state index contributed by atoms with van der Waals surface area (Å²) in [5.41, 5.74) is 3.02. The van der Waals surface area contributed by atoms with Crippen LogP contribution in [0.5, 0.6) is 0 Å². The zero-order valence-electron chi connectivity index (χ0n) is 13.2. The van der Waals surface area contributed by atoms with Gasteiger partial charge in [-0.2, -0.15) is 0 Å². The highest BCUT2D eigenvalue weighted by Gasteiger charge is 2.07. The molecular weight excluding hydrogens is 311 g/mol. The van der Waals surface area contributed by atoms with Crippen LogP contribution in [-0.2, 0) is 24.8 Å². The summed E-state index contributed by atoms with van der Waals surface area (Å²) in [6, 6.07) is 11.5. The second kappa shape index (κ2) is 6.70. The smallest absolute Gasteiger partial charge is 0.408 e. The number of fused-ring (bicyclic) bond motifs is 1. The standard InChI is InChI=1S/C18H17FN2O3/c1-21-15-10-13(4-8-16(15)24-18(21)23)11-20-17(22)9-5-12-2-6-14(19)7-3-12/h2-4,6-8,10H,5,9,11H2,1H3,(H,20,22). The van der Waals surface area contributed by atoms with Gasteiger partial charge in [-0.25, -0.2) is 9.18 Å². The molecule has 0 unspecified atom stereocenters. The molecule has 5 nitrogen and oxygen atoms in total. The van der Waals surface area contributed by atoms with Crippen molar-refractivity contribution in [3.05, 3.63) is 70.0 Å². The first-order valence-electron chi connectivity index (χ1n) is 7.62. The van der Waals surface area contributed by atoms with Gasteiger partial charge in [-0.15, -0.1) is 0 Å². The number of nitrogens with one attached hydrogen (secondary N) is 1. The van der Waals surface area contributed by atoms with Crippen LogP contribution in [0.2, 0.25) is 0 Å². The van der Waals surface area contributed by atoms with Gasteiger partial charge < -0.3 is 9.73 Å². The monoisotopic (exact) mass is 328 g/mol. The summed E-state index contributed by atoms with van der Waals surface area (Å²) in [6.45, 7) is 0.373. The van der Waals surface area contributed by atoms with Crippen LogP contribution in [0, 0.1) is 5.82 Å². The van der Waals surface area contributed by atoms with Gasteiger partial charge in [0, 0.05) is 20.0 Å². The van der Waals surface area contributed by atoms with E-state index in [1.807, 2.05) is 12.1 Å². The number of carbonyl (C=O) groups is 1. The number of hydrogen-bond acceptors (Lipinski definition) is 3. The van der Waals surface area contributed by atoms with Crippen molar-refractivity contribution in [3.8, 4) is 0 Å². The maximum absolute atomic E-state index is 12.8. The van der Waals surface area contributed by atoms with Gasteiger partial charge in [0.05, 0.1) is 5.52 Å². The Bertz CT molecular complexity index is 926. The minimum absolute atomic E-state index is 0.0829. The van der Waals surface area contributed by atoms with E-state index < -0.39 is 5.76 Å². The zero-order chi connectivity index (χ0) is 17.1. The average Bonchev–Trinajstić information content (AvgIpc) is 2.87. The summed E-state index contributed by atoms with van der Waals surface area (Å²) >= 11 is 0. The summed E-state index contributed by atoms with van der Waals surface area (Å²) in [5.74, 6) is -0.779. The molecule has 0 fully saturated rings. The Morgan fingerprint density at radius 2 is 1.88 bits per heavy atom. The first-order chi connectivity index (χ1) is 11.5. The van der Waals surface area contributed by atoms with Gasteiger partial charge in [0.15, 0.2) is 5.58 Å². The van der Waals surface area contributed by atoms with Crippen LogP contribution in [0.25, 0.3) is 11.1 Å². The molecule has 1 N–H and O–H groups in total. The summed E-state index contributed by atoms with van der Waals surface area (Å²) in [5, 5.41) is 2.84. The van der Waals surface area contributed by atoms with Crippen LogP contribution in [0.1, 0.15) is 17.5 Å². The van der Waals surface area contributed by atoms with Crippen molar-refractivity contribution in [2.24, 2.45) is 7.05 Å². The maximum atomic E-state index is 12.8. The molecule has 0 aliphatic carbocycles. The molecule has 0 atom stereocenters. The first kappa shape index (κ1) is 16.0. The van der Waals surface area contributed by atoms with Crippen molar-refractivity contribution in [2.75, 3.05) is 0 Å². The number of rotatable bonds is 5. The predicted octanol–water partition coefficient (Wildman–Crippen LogP) is 2.52. The molecular formula is C18H17FN2O3. The highest BCUT2D eigenvalue weighted by Crippen LogP contribution is 2.14. The molecule has 24 heavy (non-hydrogen) atoms. The van der Waals surface area contributed by atoms with Crippen LogP contribution in [-0.4, -0.2) is 10.5 Å². The van der Waals surface area contributed by atoms with Crippen LogP contribution < -0.4 is 11.1 Å². The number of hydrogen-bond donors (Lipinski definition) is 1. The van der Waals surface area contributed by atoms with E-state index in [0.29, 0.717) is 30.5 Å². The first-order valence-corrected chi connectivity index (χ1v) is 7.62. The zero-order valence-corrected chi connectivity index (χ0v) is 13.2. The lowest BCUT2D eigenvalue weighted by Crippen LogP contribution is -2.23. The van der Waals surface area contributed by atoms with Crippen molar-refractivity contribution in [2.45, 2.75) is 19.4 Å². The second-order valence-corrected chi connectivity index (χ2v) is 5.63. The Hall–Kier alpha value is -2.89. The minimum atomic E-state index is -0.412. The molecule has 0 bridgehead atoms. The summed E-state index contributed by atoms with van der Waals surface area (Å²) in [4.78, 5) is 23.4. The van der Waals surface area contributed by atoms with Crippen molar-refractivity contribution in [1.29, 1.82) is 0 Å². The number of oxazole rings is 1. The van der Waals surface area contributed by atoms with Gasteiger partial charge >= 0.3 is 5.76 Å². The molecule has 0 aliphatic heterocycles. The molecule has 2 aromatic carbocycles. The number of aromatic nitrogens is 1. The molecule has 3 aromatic rings. The van der Waals surface area contributed by atoms with Gasteiger partial charge in [-0.3, -0.25) is 9.36 Å². The summed E-state index contributed by atoms with van der Waals surface area (Å²) in [7, 11) is 1.64. The van der Waals surface area contributed by atoms with Gasteiger partial charge in [0.25, 0.3) is 0 Å². The third-order valence-electron chi connectivity index (χ3n) is 3.90. The fraction of sp³-hybridized carbons (Fsp3) is 0.222. The molecule has 0 saturated carbocycles. The lowest BCUT2D eigenvalue weighted by atomic mass is 10.1. The van der Waals surface area contributed by atoms with Crippen LogP contribution in [0.4, 0.5) is 4.39 Å². The van der Waals surface area contributed by atoms with E-state index in [4.69, 9.17) is 4.42 Å². The highest BCUT2D eigenvalue weighted by atomic mass is 19.1. The van der Waals surface area contributed by atoms with Crippen molar-refractivity contribution < 1.29 is 13.6 Å². The summed E-state index contributed by atoms with van der Waals surface area (Å²) in [6.07, 6.45) is 0.888. The number of halogens is 1. The van der Waals surface area contributed by atoms with Gasteiger partial charge in [0.2, 0.25) is 5.91 Å². The van der Waals surface area contributed by atoms with E-state index in [9.17, 15) is 14.0 Å². The normalized spacial score (nSPS) is 10.9. The maximum Gasteiger partial charge on any atom is 0.419 e. The molecule has 0 spiro atoms. The largest absolute Gasteiger partial charge is 0.419 e. The number of amides is 1. The second-order valence-electron chi connectivity index (χ2n) is 5.63. The molecule has 1 amide bonds. The average molecular weight is 328 g/mol. The molecule has 1 heterocycles. The Kier molecular flexibility index (Phi) is 4.46. The highest BCUT2D eigenvalue weighted by molar-refractivity contribution is 5.77. The van der Waals surface area contributed by atoms with E-state index in [1.165, 1.54) is 16.7 Å². The lowest BCUT2D eigenvalue weighted by molar-refractivity contribution is -0.121. The topological polar surface area (TPSA) is 64.2 Å². The molecule has 0 radical (unpaired) electrons. The fourth-order valence-corrected chi connectivity index (χ4v) is 2.48. The van der Waals surface area contributed by atoms with Gasteiger partial charge in [-0.05, 0) is 41.8 Å². The van der Waals surface area contributed by atoms with E-state index in [0.717, 1.165) is 11.1 Å². The summed E-state index contributed by atoms with van der Waals surface area (Å²) < 4.78 is 19.3. The van der Waals surface area contributed by atoms with Crippen LogP contribution in [0.3, 0.4) is 0 Å². The van der Waals surface area contributed by atoms with Crippen LogP contribution in [0.15, 0.2) is 51.7 Å². The van der Waals surface area contributed by atoms with Gasteiger partial charge in [0.1, 0.15) is 5.82 Å². The van der Waals surface area contributed by atoms with Gasteiger partial charge in [-0.1, -0.05) is 18.2 Å². The Morgan fingerprint density at radius 3 is 2.62 bits per heavy atom. The molecule has 3 rings (SSSR count). The Balaban J connectivity index is 1.57. The molecule has 124 valence electrons. The molecule has 6 heteroatoms. The lowest BCUT2D eigenvalue weighted by Gasteiger charge is -2.06. The number of nitrogens with zero attached hydrogens (tertiary/aromatic N) is 1. The number of benzene rings is 2. The quantitative estimate of drug-likeness (QED) is 0.783. The Labute approximate surface area is 137 Å². The van der Waals surface area contributed by atoms with Crippen LogP contribution >= 0.6 is 0 Å².